The van der Waals surface area contributed by atoms with Crippen molar-refractivity contribution in [2.45, 2.75) is 6.18 Å². The highest BCUT2D eigenvalue weighted by atomic mass is 35.5. The average molecular weight is 315 g/mol. The minimum Gasteiger partial charge on any atom is -0.353 e. The van der Waals surface area contributed by atoms with E-state index >= 15 is 0 Å². The number of halogens is 5. The Morgan fingerprint density at radius 1 is 1.10 bits per heavy atom. The molecule has 0 heterocycles. The van der Waals surface area contributed by atoms with E-state index in [1.165, 1.54) is 12.1 Å². The maximum absolute atomic E-state index is 13.4. The van der Waals surface area contributed by atoms with Crippen molar-refractivity contribution < 1.29 is 17.6 Å². The Hall–Kier alpha value is -2.26. The minimum atomic E-state index is -4.50. The molecule has 0 atom stereocenters. The van der Waals surface area contributed by atoms with Gasteiger partial charge in [0.2, 0.25) is 0 Å². The van der Waals surface area contributed by atoms with Crippen LogP contribution in [0.3, 0.4) is 0 Å². The first-order valence-corrected chi connectivity index (χ1v) is 6.03. The summed E-state index contributed by atoms with van der Waals surface area (Å²) in [5.41, 5.74) is -0.864. The third kappa shape index (κ3) is 3.26. The topological polar surface area (TPSA) is 35.8 Å². The van der Waals surface area contributed by atoms with E-state index in [-0.39, 0.29) is 22.0 Å². The molecule has 0 aromatic heterocycles. The Kier molecular flexibility index (Phi) is 4.05. The van der Waals surface area contributed by atoms with Crippen molar-refractivity contribution in [1.29, 1.82) is 5.26 Å². The molecule has 0 spiro atoms. The molecule has 2 rings (SSSR count). The van der Waals surface area contributed by atoms with Gasteiger partial charge in [0.1, 0.15) is 17.4 Å². The highest BCUT2D eigenvalue weighted by Crippen LogP contribution is 2.35. The molecule has 2 nitrogen and oxygen atoms in total. The van der Waals surface area contributed by atoms with Crippen LogP contribution in [0.1, 0.15) is 11.1 Å². The predicted octanol–water partition coefficient (Wildman–Crippen LogP) is 5.11. The lowest BCUT2D eigenvalue weighted by molar-refractivity contribution is -0.137. The third-order valence-corrected chi connectivity index (χ3v) is 3.00. The van der Waals surface area contributed by atoms with Gasteiger partial charge in [0.25, 0.3) is 0 Å². The maximum atomic E-state index is 13.4. The third-order valence-electron chi connectivity index (χ3n) is 2.69. The van der Waals surface area contributed by atoms with Gasteiger partial charge in [0.15, 0.2) is 0 Å². The summed E-state index contributed by atoms with van der Waals surface area (Å²) >= 11 is 5.78. The molecule has 0 saturated heterocycles. The molecule has 21 heavy (non-hydrogen) atoms. The number of alkyl halides is 3. The zero-order valence-corrected chi connectivity index (χ0v) is 11.1. The second kappa shape index (κ2) is 5.62. The molecule has 0 radical (unpaired) electrons. The van der Waals surface area contributed by atoms with Gasteiger partial charge in [-0.05, 0) is 30.3 Å². The highest BCUT2D eigenvalue weighted by molar-refractivity contribution is 6.33. The van der Waals surface area contributed by atoms with E-state index < -0.39 is 17.6 Å². The van der Waals surface area contributed by atoms with Crippen molar-refractivity contribution in [2.24, 2.45) is 0 Å². The minimum absolute atomic E-state index is 0.124. The molecule has 2 aromatic carbocycles. The number of nitrogens with one attached hydrogen (secondary N) is 1. The predicted molar refractivity (Wildman–Crippen MR) is 70.9 cm³/mol. The van der Waals surface area contributed by atoms with Crippen LogP contribution in [0.5, 0.6) is 0 Å². The van der Waals surface area contributed by atoms with E-state index in [0.29, 0.717) is 0 Å². The first kappa shape index (κ1) is 15.1. The second-order valence-corrected chi connectivity index (χ2v) is 4.50. The van der Waals surface area contributed by atoms with Gasteiger partial charge in [0, 0.05) is 0 Å². The first-order chi connectivity index (χ1) is 9.82. The van der Waals surface area contributed by atoms with Crippen LogP contribution in [-0.4, -0.2) is 0 Å². The summed E-state index contributed by atoms with van der Waals surface area (Å²) in [6.07, 6.45) is -4.50. The van der Waals surface area contributed by atoms with Gasteiger partial charge in [0.05, 0.1) is 22.0 Å². The van der Waals surface area contributed by atoms with Gasteiger partial charge in [-0.15, -0.1) is 0 Å². The highest BCUT2D eigenvalue weighted by Gasteiger charge is 2.30. The molecule has 0 amide bonds. The standard InChI is InChI=1S/C14H7ClF4N2/c15-10-6-8(14(17,18)19)4-5-13(10)21-12-3-1-2-11(16)9(12)7-20/h1-6,21H. The van der Waals surface area contributed by atoms with Crippen LogP contribution < -0.4 is 5.32 Å². The summed E-state index contributed by atoms with van der Waals surface area (Å²) < 4.78 is 51.0. The molecule has 108 valence electrons. The first-order valence-electron chi connectivity index (χ1n) is 5.65. The number of anilines is 2. The lowest BCUT2D eigenvalue weighted by Gasteiger charge is -2.12. The van der Waals surface area contributed by atoms with E-state index in [2.05, 4.69) is 5.32 Å². The molecule has 0 aliphatic rings. The molecule has 0 fully saturated rings. The molecular weight excluding hydrogens is 308 g/mol. The van der Waals surface area contributed by atoms with E-state index in [4.69, 9.17) is 16.9 Å². The Balaban J connectivity index is 2.38. The van der Waals surface area contributed by atoms with Gasteiger partial charge in [-0.1, -0.05) is 17.7 Å². The average Bonchev–Trinajstić information content (AvgIpc) is 2.40. The lowest BCUT2D eigenvalue weighted by Crippen LogP contribution is -2.05. The van der Waals surface area contributed by atoms with E-state index in [1.54, 1.807) is 6.07 Å². The van der Waals surface area contributed by atoms with Crippen molar-refractivity contribution in [3.8, 4) is 6.07 Å². The monoisotopic (exact) mass is 314 g/mol. The summed E-state index contributed by atoms with van der Waals surface area (Å²) in [7, 11) is 0. The SMILES string of the molecule is N#Cc1c(F)cccc1Nc1ccc(C(F)(F)F)cc1Cl. The van der Waals surface area contributed by atoms with E-state index in [1.807, 2.05) is 0 Å². The summed E-state index contributed by atoms with van der Waals surface area (Å²) in [4.78, 5) is 0. The number of benzene rings is 2. The number of nitriles is 1. The van der Waals surface area contributed by atoms with E-state index in [9.17, 15) is 17.6 Å². The van der Waals surface area contributed by atoms with Gasteiger partial charge < -0.3 is 5.32 Å². The van der Waals surface area contributed by atoms with Crippen molar-refractivity contribution in [3.63, 3.8) is 0 Å². The van der Waals surface area contributed by atoms with E-state index in [0.717, 1.165) is 24.3 Å². The van der Waals surface area contributed by atoms with Crippen molar-refractivity contribution >= 4 is 23.0 Å². The molecule has 7 heteroatoms. The van der Waals surface area contributed by atoms with Crippen LogP contribution in [0.2, 0.25) is 5.02 Å². The van der Waals surface area contributed by atoms with Crippen molar-refractivity contribution in [1.82, 2.24) is 0 Å². The number of hydrogen-bond donors (Lipinski definition) is 1. The second-order valence-electron chi connectivity index (χ2n) is 4.09. The fraction of sp³-hybridized carbons (Fsp3) is 0.0714. The number of hydrogen-bond acceptors (Lipinski definition) is 2. The normalized spacial score (nSPS) is 11.0. The summed E-state index contributed by atoms with van der Waals surface area (Å²) in [5.74, 6) is -0.731. The summed E-state index contributed by atoms with van der Waals surface area (Å²) in [6, 6.07) is 8.31. The van der Waals surface area contributed by atoms with Gasteiger partial charge in [-0.2, -0.15) is 18.4 Å². The van der Waals surface area contributed by atoms with Crippen LogP contribution in [0, 0.1) is 17.1 Å². The van der Waals surface area contributed by atoms with Crippen molar-refractivity contribution in [3.05, 3.63) is 58.4 Å². The number of rotatable bonds is 2. The van der Waals surface area contributed by atoms with Crippen LogP contribution in [0.15, 0.2) is 36.4 Å². The Morgan fingerprint density at radius 3 is 2.38 bits per heavy atom. The molecule has 1 N–H and O–H groups in total. The fourth-order valence-electron chi connectivity index (χ4n) is 1.68. The summed E-state index contributed by atoms with van der Waals surface area (Å²) in [6.45, 7) is 0. The number of nitrogens with zero attached hydrogens (tertiary/aromatic N) is 1. The smallest absolute Gasteiger partial charge is 0.353 e. The quantitative estimate of drug-likeness (QED) is 0.782. The molecule has 0 aliphatic heterocycles. The maximum Gasteiger partial charge on any atom is 0.416 e. The Bertz CT molecular complexity index is 720. The van der Waals surface area contributed by atoms with Crippen LogP contribution in [0.25, 0.3) is 0 Å². The fourth-order valence-corrected chi connectivity index (χ4v) is 1.91. The summed E-state index contributed by atoms with van der Waals surface area (Å²) in [5, 5.41) is 11.4. The van der Waals surface area contributed by atoms with Gasteiger partial charge in [-0.3, -0.25) is 0 Å². The van der Waals surface area contributed by atoms with Crippen LogP contribution >= 0.6 is 11.6 Å². The molecule has 0 bridgehead atoms. The Morgan fingerprint density at radius 2 is 1.81 bits per heavy atom. The molecule has 2 aromatic rings. The molecule has 0 unspecified atom stereocenters. The molecule has 0 saturated carbocycles. The largest absolute Gasteiger partial charge is 0.416 e. The molecular formula is C14H7ClF4N2. The molecule has 0 aliphatic carbocycles. The zero-order chi connectivity index (χ0) is 15.6. The van der Waals surface area contributed by atoms with Gasteiger partial charge >= 0.3 is 6.18 Å². The van der Waals surface area contributed by atoms with Crippen LogP contribution in [0.4, 0.5) is 28.9 Å². The van der Waals surface area contributed by atoms with Crippen molar-refractivity contribution in [2.75, 3.05) is 5.32 Å². The lowest BCUT2D eigenvalue weighted by atomic mass is 10.1. The van der Waals surface area contributed by atoms with Crippen LogP contribution in [-0.2, 0) is 6.18 Å². The Labute approximate surface area is 122 Å². The van der Waals surface area contributed by atoms with Gasteiger partial charge in [-0.25, -0.2) is 4.39 Å². The zero-order valence-electron chi connectivity index (χ0n) is 10.3.